The Kier molecular flexibility index (Phi) is 4.01. The molecule has 1 amide bonds. The zero-order valence-electron chi connectivity index (χ0n) is 11.7. The van der Waals surface area contributed by atoms with Crippen LogP contribution in [0.1, 0.15) is 31.7 Å². The minimum atomic E-state index is 0.199. The van der Waals surface area contributed by atoms with Gasteiger partial charge in [0.2, 0.25) is 5.91 Å². The summed E-state index contributed by atoms with van der Waals surface area (Å²) < 4.78 is 5.57. The molecule has 108 valence electrons. The maximum absolute atomic E-state index is 12.2. The monoisotopic (exact) mass is 337 g/mol. The van der Waals surface area contributed by atoms with E-state index in [0.717, 1.165) is 22.3 Å². The number of nitrogens with one attached hydrogen (secondary N) is 1. The fraction of sp³-hybridized carbons (Fsp3) is 0.562. The van der Waals surface area contributed by atoms with Gasteiger partial charge < -0.3 is 10.1 Å². The van der Waals surface area contributed by atoms with Crippen LogP contribution in [-0.2, 0) is 10.1 Å². The minimum Gasteiger partial charge on any atom is -0.494 e. The van der Waals surface area contributed by atoms with Crippen molar-refractivity contribution in [3.8, 4) is 5.75 Å². The fourth-order valence-corrected chi connectivity index (χ4v) is 3.93. The smallest absolute Gasteiger partial charge is 0.228 e. The Morgan fingerprint density at radius 2 is 2.15 bits per heavy atom. The van der Waals surface area contributed by atoms with Crippen molar-refractivity contribution in [2.75, 3.05) is 11.9 Å². The minimum absolute atomic E-state index is 0.199. The summed E-state index contributed by atoms with van der Waals surface area (Å²) in [6.45, 7) is 2.62. The Morgan fingerprint density at radius 3 is 2.80 bits per heavy atom. The van der Waals surface area contributed by atoms with Crippen molar-refractivity contribution in [2.24, 2.45) is 17.8 Å². The number of halogens is 1. The topological polar surface area (TPSA) is 38.3 Å². The van der Waals surface area contributed by atoms with Crippen molar-refractivity contribution >= 4 is 27.5 Å². The van der Waals surface area contributed by atoms with Crippen LogP contribution in [0, 0.1) is 17.8 Å². The number of anilines is 1. The Bertz CT molecular complexity index is 507. The molecule has 0 spiro atoms. The zero-order valence-corrected chi connectivity index (χ0v) is 13.3. The van der Waals surface area contributed by atoms with Gasteiger partial charge in [0.25, 0.3) is 0 Å². The van der Waals surface area contributed by atoms with E-state index >= 15 is 0 Å². The van der Waals surface area contributed by atoms with Gasteiger partial charge in [-0.1, -0.05) is 22.4 Å². The van der Waals surface area contributed by atoms with Crippen molar-refractivity contribution < 1.29 is 9.53 Å². The van der Waals surface area contributed by atoms with Crippen LogP contribution in [0.3, 0.4) is 0 Å². The second-order valence-electron chi connectivity index (χ2n) is 5.66. The van der Waals surface area contributed by atoms with Crippen LogP contribution in [0.4, 0.5) is 5.69 Å². The first-order valence-corrected chi connectivity index (χ1v) is 8.49. The van der Waals surface area contributed by atoms with Crippen molar-refractivity contribution in [3.63, 3.8) is 0 Å². The number of alkyl halides is 1. The number of carbonyl (C=O) groups excluding carboxylic acids is 1. The van der Waals surface area contributed by atoms with Gasteiger partial charge >= 0.3 is 0 Å². The lowest BCUT2D eigenvalue weighted by Gasteiger charge is -2.12. The van der Waals surface area contributed by atoms with Crippen LogP contribution in [0.15, 0.2) is 18.2 Å². The molecule has 20 heavy (non-hydrogen) atoms. The van der Waals surface area contributed by atoms with Gasteiger partial charge in [0.05, 0.1) is 6.61 Å². The molecule has 0 radical (unpaired) electrons. The second kappa shape index (κ2) is 5.76. The molecule has 1 aromatic carbocycles. The first kappa shape index (κ1) is 13.9. The number of rotatable bonds is 5. The van der Waals surface area contributed by atoms with Crippen molar-refractivity contribution in [1.29, 1.82) is 0 Å². The Labute approximate surface area is 128 Å². The largest absolute Gasteiger partial charge is 0.494 e. The lowest BCUT2D eigenvalue weighted by atomic mass is 10.1. The van der Waals surface area contributed by atoms with Gasteiger partial charge in [0, 0.05) is 22.5 Å². The quantitative estimate of drug-likeness (QED) is 0.825. The third-order valence-corrected chi connectivity index (χ3v) is 5.09. The number of fused-ring (bicyclic) bond motifs is 1. The average molecular weight is 338 g/mol. The summed E-state index contributed by atoms with van der Waals surface area (Å²) in [5.41, 5.74) is 1.94. The molecule has 2 aliphatic carbocycles. The number of benzene rings is 1. The number of hydrogen-bond donors (Lipinski definition) is 1. The maximum Gasteiger partial charge on any atom is 0.228 e. The summed E-state index contributed by atoms with van der Waals surface area (Å²) in [7, 11) is 0. The van der Waals surface area contributed by atoms with Gasteiger partial charge in [-0.05, 0) is 49.8 Å². The molecule has 0 bridgehead atoms. The van der Waals surface area contributed by atoms with E-state index in [-0.39, 0.29) is 11.8 Å². The molecule has 0 saturated heterocycles. The standard InChI is InChI=1S/C16H20BrNO2/c1-2-20-14-7-6-11(8-10(14)9-17)18-16(19)15-12-4-3-5-13(12)15/h6-8,12-13,15H,2-5,9H2,1H3,(H,18,19). The molecule has 3 nitrogen and oxygen atoms in total. The van der Waals surface area contributed by atoms with Gasteiger partial charge in [-0.3, -0.25) is 4.79 Å². The van der Waals surface area contributed by atoms with E-state index in [1.807, 2.05) is 25.1 Å². The predicted octanol–water partition coefficient (Wildman–Crippen LogP) is 3.96. The van der Waals surface area contributed by atoms with Crippen LogP contribution in [0.2, 0.25) is 0 Å². The number of carbonyl (C=O) groups is 1. The summed E-state index contributed by atoms with van der Waals surface area (Å²) >= 11 is 3.47. The molecule has 1 N–H and O–H groups in total. The molecular weight excluding hydrogens is 318 g/mol. The Balaban J connectivity index is 1.66. The molecule has 4 heteroatoms. The highest BCUT2D eigenvalue weighted by Gasteiger charge is 2.56. The third kappa shape index (κ3) is 2.58. The molecule has 0 heterocycles. The van der Waals surface area contributed by atoms with Crippen molar-refractivity contribution in [1.82, 2.24) is 0 Å². The van der Waals surface area contributed by atoms with E-state index in [4.69, 9.17) is 4.74 Å². The van der Waals surface area contributed by atoms with E-state index in [9.17, 15) is 4.79 Å². The summed E-state index contributed by atoms with van der Waals surface area (Å²) in [4.78, 5) is 12.2. The highest BCUT2D eigenvalue weighted by atomic mass is 79.9. The van der Waals surface area contributed by atoms with Gasteiger partial charge in [-0.2, -0.15) is 0 Å². The van der Waals surface area contributed by atoms with Gasteiger partial charge in [0.15, 0.2) is 0 Å². The molecule has 2 aliphatic rings. The SMILES string of the molecule is CCOc1ccc(NC(=O)C2C3CCCC32)cc1CBr. The molecule has 0 aliphatic heterocycles. The van der Waals surface area contributed by atoms with Crippen LogP contribution < -0.4 is 10.1 Å². The normalized spacial score (nSPS) is 27.0. The average Bonchev–Trinajstić information content (AvgIpc) is 2.94. The first-order valence-electron chi connectivity index (χ1n) is 7.37. The van der Waals surface area contributed by atoms with E-state index in [1.165, 1.54) is 19.3 Å². The summed E-state index contributed by atoms with van der Waals surface area (Å²) in [6, 6.07) is 5.85. The summed E-state index contributed by atoms with van der Waals surface area (Å²) in [6.07, 6.45) is 3.77. The van der Waals surface area contributed by atoms with E-state index in [0.29, 0.717) is 18.4 Å². The van der Waals surface area contributed by atoms with Crippen LogP contribution >= 0.6 is 15.9 Å². The number of hydrogen-bond acceptors (Lipinski definition) is 2. The van der Waals surface area contributed by atoms with Crippen LogP contribution in [0.5, 0.6) is 5.75 Å². The molecule has 2 fully saturated rings. The van der Waals surface area contributed by atoms with Crippen LogP contribution in [-0.4, -0.2) is 12.5 Å². The van der Waals surface area contributed by atoms with Gasteiger partial charge in [-0.15, -0.1) is 0 Å². The molecule has 2 saturated carbocycles. The Hall–Kier alpha value is -1.03. The first-order chi connectivity index (χ1) is 9.74. The molecular formula is C16H20BrNO2. The summed E-state index contributed by atoms with van der Waals surface area (Å²) in [5, 5.41) is 3.78. The fourth-order valence-electron chi connectivity index (χ4n) is 3.49. The zero-order chi connectivity index (χ0) is 14.1. The predicted molar refractivity (Wildman–Crippen MR) is 83.2 cm³/mol. The maximum atomic E-state index is 12.2. The second-order valence-corrected chi connectivity index (χ2v) is 6.22. The highest BCUT2D eigenvalue weighted by Crippen LogP contribution is 2.57. The number of amides is 1. The molecule has 0 aromatic heterocycles. The number of ether oxygens (including phenoxy) is 1. The highest BCUT2D eigenvalue weighted by molar-refractivity contribution is 9.08. The van der Waals surface area contributed by atoms with Crippen LogP contribution in [0.25, 0.3) is 0 Å². The third-order valence-electron chi connectivity index (χ3n) is 4.48. The lowest BCUT2D eigenvalue weighted by Crippen LogP contribution is -2.16. The van der Waals surface area contributed by atoms with E-state index < -0.39 is 0 Å². The van der Waals surface area contributed by atoms with Gasteiger partial charge in [0.1, 0.15) is 5.75 Å². The van der Waals surface area contributed by atoms with E-state index in [2.05, 4.69) is 21.2 Å². The lowest BCUT2D eigenvalue weighted by molar-refractivity contribution is -0.118. The molecule has 2 atom stereocenters. The van der Waals surface area contributed by atoms with Gasteiger partial charge in [-0.25, -0.2) is 0 Å². The Morgan fingerprint density at radius 1 is 1.40 bits per heavy atom. The van der Waals surface area contributed by atoms with Crippen molar-refractivity contribution in [2.45, 2.75) is 31.5 Å². The summed E-state index contributed by atoms with van der Waals surface area (Å²) in [5.74, 6) is 2.67. The van der Waals surface area contributed by atoms with Crippen molar-refractivity contribution in [3.05, 3.63) is 23.8 Å². The van der Waals surface area contributed by atoms with E-state index in [1.54, 1.807) is 0 Å². The molecule has 1 aromatic rings. The molecule has 2 unspecified atom stereocenters. The molecule has 3 rings (SSSR count).